The van der Waals surface area contributed by atoms with Gasteiger partial charge in [-0.15, -0.1) is 0 Å². The van der Waals surface area contributed by atoms with Crippen LogP contribution in [0.5, 0.6) is 0 Å². The van der Waals surface area contributed by atoms with Gasteiger partial charge in [-0.2, -0.15) is 5.10 Å². The Bertz CT molecular complexity index is 471. The summed E-state index contributed by atoms with van der Waals surface area (Å²) in [5.41, 5.74) is 5.40. The van der Waals surface area contributed by atoms with E-state index in [0.29, 0.717) is 12.0 Å². The summed E-state index contributed by atoms with van der Waals surface area (Å²) in [4.78, 5) is 23.0. The third-order valence-corrected chi connectivity index (χ3v) is 3.32. The van der Waals surface area contributed by atoms with Crippen molar-refractivity contribution >= 4 is 11.9 Å². The number of aryl methyl sites for hydroxylation is 1. The number of carbonyl (C=O) groups excluding carboxylic acids is 1. The molecule has 0 saturated carbocycles. The largest absolute Gasteiger partial charge is 0.481 e. The summed E-state index contributed by atoms with van der Waals surface area (Å²) in [5.74, 6) is -1.35. The number of hydrogen-bond donors (Lipinski definition) is 3. The first-order chi connectivity index (χ1) is 8.80. The maximum absolute atomic E-state index is 11.9. The lowest BCUT2D eigenvalue weighted by Crippen LogP contribution is -2.43. The van der Waals surface area contributed by atoms with Crippen molar-refractivity contribution in [1.29, 1.82) is 0 Å². The molecule has 4 N–H and O–H groups in total. The highest BCUT2D eigenvalue weighted by atomic mass is 16.4. The highest BCUT2D eigenvalue weighted by Gasteiger charge is 2.32. The van der Waals surface area contributed by atoms with Gasteiger partial charge in [0.05, 0.1) is 11.6 Å². The molecule has 1 rings (SSSR count). The summed E-state index contributed by atoms with van der Waals surface area (Å²) in [7, 11) is 1.73. The summed E-state index contributed by atoms with van der Waals surface area (Å²) in [5, 5.41) is 15.6. The van der Waals surface area contributed by atoms with Gasteiger partial charge in [0.25, 0.3) is 0 Å². The molecule has 1 aromatic rings. The van der Waals surface area contributed by atoms with E-state index in [1.165, 1.54) is 6.20 Å². The summed E-state index contributed by atoms with van der Waals surface area (Å²) in [6.45, 7) is 3.40. The lowest BCUT2D eigenvalue weighted by atomic mass is 9.87. The molecule has 19 heavy (non-hydrogen) atoms. The van der Waals surface area contributed by atoms with Crippen molar-refractivity contribution in [3.63, 3.8) is 0 Å². The Kier molecular flexibility index (Phi) is 4.66. The minimum atomic E-state index is -0.982. The van der Waals surface area contributed by atoms with Crippen molar-refractivity contribution in [3.8, 4) is 0 Å². The molecule has 0 aliphatic rings. The fourth-order valence-electron chi connectivity index (χ4n) is 1.50. The number of nitrogens with zero attached hydrogens (tertiary/aromatic N) is 2. The van der Waals surface area contributed by atoms with Crippen molar-refractivity contribution in [2.24, 2.45) is 18.2 Å². The molecule has 1 aromatic heterocycles. The topological polar surface area (TPSA) is 110 Å². The lowest BCUT2D eigenvalue weighted by Gasteiger charge is -2.24. The molecule has 2 atom stereocenters. The van der Waals surface area contributed by atoms with Crippen LogP contribution in [0.3, 0.4) is 0 Å². The Morgan fingerprint density at radius 3 is 2.68 bits per heavy atom. The first kappa shape index (κ1) is 15.2. The maximum Gasteiger partial charge on any atom is 0.311 e. The molecular formula is C12H20N4O3. The van der Waals surface area contributed by atoms with Gasteiger partial charge in [0.15, 0.2) is 0 Å². The Hall–Kier alpha value is -1.89. The zero-order valence-electron chi connectivity index (χ0n) is 11.4. The van der Waals surface area contributed by atoms with Gasteiger partial charge in [0.1, 0.15) is 6.04 Å². The van der Waals surface area contributed by atoms with E-state index in [2.05, 4.69) is 10.4 Å². The first-order valence-corrected chi connectivity index (χ1v) is 6.05. The number of rotatable bonds is 6. The van der Waals surface area contributed by atoms with E-state index in [1.54, 1.807) is 31.8 Å². The summed E-state index contributed by atoms with van der Waals surface area (Å²) in [6, 6.07) is -0.844. The molecule has 0 bridgehead atoms. The number of aliphatic carboxylic acids is 1. The average Bonchev–Trinajstić information content (AvgIpc) is 2.80. The molecule has 1 amide bonds. The maximum atomic E-state index is 11.9. The van der Waals surface area contributed by atoms with Crippen LogP contribution >= 0.6 is 0 Å². The monoisotopic (exact) mass is 268 g/mol. The smallest absolute Gasteiger partial charge is 0.311 e. The minimum Gasteiger partial charge on any atom is -0.481 e. The highest BCUT2D eigenvalue weighted by molar-refractivity contribution is 5.83. The molecule has 7 nitrogen and oxygen atoms in total. The Balaban J connectivity index is 2.63. The Morgan fingerprint density at radius 1 is 1.63 bits per heavy atom. The number of carboxylic acids is 1. The van der Waals surface area contributed by atoms with Gasteiger partial charge in [-0.25, -0.2) is 0 Å². The van der Waals surface area contributed by atoms with Gasteiger partial charge in [0, 0.05) is 25.4 Å². The molecular weight excluding hydrogens is 248 g/mol. The Morgan fingerprint density at radius 2 is 2.26 bits per heavy atom. The van der Waals surface area contributed by atoms with Crippen LogP contribution in [0.15, 0.2) is 12.4 Å². The third-order valence-electron chi connectivity index (χ3n) is 3.32. The number of amides is 1. The Labute approximate surface area is 111 Å². The molecule has 1 heterocycles. The molecule has 2 unspecified atom stereocenters. The molecule has 0 aromatic carbocycles. The van der Waals surface area contributed by atoms with Crippen LogP contribution in [-0.2, 0) is 16.6 Å². The van der Waals surface area contributed by atoms with E-state index < -0.39 is 23.3 Å². The molecule has 0 radical (unpaired) electrons. The third kappa shape index (κ3) is 3.54. The number of carbonyl (C=O) groups is 2. The second-order valence-corrected chi connectivity index (χ2v) is 4.86. The average molecular weight is 268 g/mol. The standard InChI is InChI=1S/C12H20N4O3/c1-4-12(2,11(18)19)7-14-10(17)9(13)8-5-15-16(3)6-8/h5-6,9H,4,7,13H2,1-3H3,(H,14,17)(H,18,19). The van der Waals surface area contributed by atoms with Gasteiger partial charge >= 0.3 is 5.97 Å². The number of nitrogens with one attached hydrogen (secondary N) is 1. The zero-order valence-corrected chi connectivity index (χ0v) is 11.4. The molecule has 0 aliphatic heterocycles. The van der Waals surface area contributed by atoms with Crippen molar-refractivity contribution in [2.75, 3.05) is 6.54 Å². The minimum absolute atomic E-state index is 0.0473. The fourth-order valence-corrected chi connectivity index (χ4v) is 1.50. The van der Waals surface area contributed by atoms with Crippen molar-refractivity contribution in [3.05, 3.63) is 18.0 Å². The second-order valence-electron chi connectivity index (χ2n) is 4.86. The second kappa shape index (κ2) is 5.83. The van der Waals surface area contributed by atoms with Gasteiger partial charge in [-0.05, 0) is 13.3 Å². The molecule has 0 fully saturated rings. The number of carboxylic acid groups (broad SMARTS) is 1. The summed E-state index contributed by atoms with van der Waals surface area (Å²) >= 11 is 0. The summed E-state index contributed by atoms with van der Waals surface area (Å²) < 4.78 is 1.55. The van der Waals surface area contributed by atoms with Crippen molar-refractivity contribution in [1.82, 2.24) is 15.1 Å². The van der Waals surface area contributed by atoms with Crippen LogP contribution < -0.4 is 11.1 Å². The van der Waals surface area contributed by atoms with E-state index in [4.69, 9.17) is 10.8 Å². The fraction of sp³-hybridized carbons (Fsp3) is 0.583. The molecule has 0 spiro atoms. The zero-order chi connectivity index (χ0) is 14.6. The number of nitrogens with two attached hydrogens (primary N) is 1. The van der Waals surface area contributed by atoms with Gasteiger partial charge in [-0.3, -0.25) is 14.3 Å². The van der Waals surface area contributed by atoms with Gasteiger partial charge in [0.2, 0.25) is 5.91 Å². The highest BCUT2D eigenvalue weighted by Crippen LogP contribution is 2.20. The predicted octanol–water partition coefficient (Wildman–Crippen LogP) is 0.0370. The van der Waals surface area contributed by atoms with Crippen LogP contribution in [0.25, 0.3) is 0 Å². The quantitative estimate of drug-likeness (QED) is 0.674. The molecule has 7 heteroatoms. The predicted molar refractivity (Wildman–Crippen MR) is 69.2 cm³/mol. The van der Waals surface area contributed by atoms with E-state index in [-0.39, 0.29) is 6.54 Å². The van der Waals surface area contributed by atoms with Crippen molar-refractivity contribution < 1.29 is 14.7 Å². The lowest BCUT2D eigenvalue weighted by molar-refractivity contribution is -0.148. The molecule has 0 saturated heterocycles. The van der Waals surface area contributed by atoms with Crippen LogP contribution in [0.1, 0.15) is 31.9 Å². The normalized spacial score (nSPS) is 15.6. The van der Waals surface area contributed by atoms with Crippen LogP contribution in [0.2, 0.25) is 0 Å². The van der Waals surface area contributed by atoms with E-state index in [1.807, 2.05) is 0 Å². The van der Waals surface area contributed by atoms with Gasteiger partial charge in [-0.1, -0.05) is 6.92 Å². The summed E-state index contributed by atoms with van der Waals surface area (Å²) in [6.07, 6.45) is 3.59. The molecule has 106 valence electrons. The van der Waals surface area contributed by atoms with E-state index in [0.717, 1.165) is 0 Å². The number of hydrogen-bond acceptors (Lipinski definition) is 4. The van der Waals surface area contributed by atoms with E-state index in [9.17, 15) is 9.59 Å². The molecule has 0 aliphatic carbocycles. The van der Waals surface area contributed by atoms with Gasteiger partial charge < -0.3 is 16.2 Å². The van der Waals surface area contributed by atoms with E-state index >= 15 is 0 Å². The van der Waals surface area contributed by atoms with Crippen LogP contribution in [-0.4, -0.2) is 33.3 Å². The number of aromatic nitrogens is 2. The first-order valence-electron chi connectivity index (χ1n) is 6.05. The SMILES string of the molecule is CCC(C)(CNC(=O)C(N)c1cnn(C)c1)C(=O)O. The van der Waals surface area contributed by atoms with Crippen LogP contribution in [0, 0.1) is 5.41 Å². The van der Waals surface area contributed by atoms with Crippen molar-refractivity contribution in [2.45, 2.75) is 26.3 Å². The van der Waals surface area contributed by atoms with Crippen LogP contribution in [0.4, 0.5) is 0 Å².